The zero-order valence-corrected chi connectivity index (χ0v) is 17.1. The van der Waals surface area contributed by atoms with E-state index < -0.39 is 29.4 Å². The molecule has 3 rings (SSSR count). The van der Waals surface area contributed by atoms with Crippen LogP contribution in [0.25, 0.3) is 0 Å². The van der Waals surface area contributed by atoms with Crippen molar-refractivity contribution in [3.05, 3.63) is 23.8 Å². The van der Waals surface area contributed by atoms with Gasteiger partial charge in [-0.25, -0.2) is 18.4 Å². The number of nitrogens with one attached hydrogen (secondary N) is 1. The molecule has 9 heteroatoms. The van der Waals surface area contributed by atoms with Gasteiger partial charge < -0.3 is 24.8 Å². The highest BCUT2D eigenvalue weighted by Crippen LogP contribution is 2.29. The van der Waals surface area contributed by atoms with Gasteiger partial charge >= 0.3 is 12.1 Å². The Kier molecular flexibility index (Phi) is 6.14. The van der Waals surface area contributed by atoms with Crippen LogP contribution in [0.1, 0.15) is 33.6 Å². The number of nitrogens with zero attached hydrogens (tertiary/aromatic N) is 3. The summed E-state index contributed by atoms with van der Waals surface area (Å²) < 4.78 is 34.2. The fourth-order valence-corrected chi connectivity index (χ4v) is 3.50. The van der Waals surface area contributed by atoms with Crippen LogP contribution in [0, 0.1) is 11.6 Å². The summed E-state index contributed by atoms with van der Waals surface area (Å²) in [5, 5.41) is 2.55. The lowest BCUT2D eigenvalue weighted by molar-refractivity contribution is 0.0174. The largest absolute Gasteiger partial charge is 0.444 e. The molecular formula is C20H28F2N4O3. The number of ether oxygens (including phenoxy) is 1. The molecule has 3 amide bonds. The van der Waals surface area contributed by atoms with E-state index in [1.807, 2.05) is 0 Å². The standard InChI is InChI=1S/C20H28F2N4O3/c1-20(2,3)29-19(28)26-10-8-25(9-11-26)18(27)23-14-12-15(21)17(16(22)13-14)24-6-4-5-7-24/h12-13H,4-11H2,1-3H3,(H,23,27). The van der Waals surface area contributed by atoms with Crippen molar-refractivity contribution in [3.63, 3.8) is 0 Å². The first kappa shape index (κ1) is 21.1. The molecular weight excluding hydrogens is 382 g/mol. The van der Waals surface area contributed by atoms with Gasteiger partial charge in [0.1, 0.15) is 11.3 Å². The van der Waals surface area contributed by atoms with Crippen LogP contribution in [0.5, 0.6) is 0 Å². The number of hydrogen-bond donors (Lipinski definition) is 1. The molecule has 1 aromatic rings. The molecule has 0 spiro atoms. The van der Waals surface area contributed by atoms with Gasteiger partial charge in [0.15, 0.2) is 11.6 Å². The Morgan fingerprint density at radius 2 is 1.45 bits per heavy atom. The molecule has 2 heterocycles. The Morgan fingerprint density at radius 3 is 1.97 bits per heavy atom. The van der Waals surface area contributed by atoms with Gasteiger partial charge in [0.25, 0.3) is 0 Å². The van der Waals surface area contributed by atoms with Crippen LogP contribution in [0.2, 0.25) is 0 Å². The first-order valence-electron chi connectivity index (χ1n) is 9.92. The quantitative estimate of drug-likeness (QED) is 0.808. The number of amides is 3. The molecule has 2 saturated heterocycles. The van der Waals surface area contributed by atoms with Gasteiger partial charge in [-0.05, 0) is 45.7 Å². The Morgan fingerprint density at radius 1 is 0.931 bits per heavy atom. The zero-order valence-electron chi connectivity index (χ0n) is 17.1. The van der Waals surface area contributed by atoms with Crippen LogP contribution in [-0.2, 0) is 4.74 Å². The highest BCUT2D eigenvalue weighted by atomic mass is 19.1. The van der Waals surface area contributed by atoms with Crippen molar-refractivity contribution < 1.29 is 23.1 Å². The van der Waals surface area contributed by atoms with Crippen molar-refractivity contribution in [1.82, 2.24) is 9.80 Å². The van der Waals surface area contributed by atoms with E-state index in [0.29, 0.717) is 39.3 Å². The van der Waals surface area contributed by atoms with E-state index in [0.717, 1.165) is 25.0 Å². The number of carbonyl (C=O) groups is 2. The molecule has 29 heavy (non-hydrogen) atoms. The molecule has 160 valence electrons. The topological polar surface area (TPSA) is 65.1 Å². The lowest BCUT2D eigenvalue weighted by Crippen LogP contribution is -2.52. The first-order chi connectivity index (χ1) is 13.6. The molecule has 2 aliphatic heterocycles. The molecule has 1 aromatic carbocycles. The molecule has 1 N–H and O–H groups in total. The number of piperazine rings is 1. The summed E-state index contributed by atoms with van der Waals surface area (Å²) in [5.41, 5.74) is -0.546. The average Bonchev–Trinajstić information content (AvgIpc) is 3.14. The van der Waals surface area contributed by atoms with E-state index in [4.69, 9.17) is 4.74 Å². The summed E-state index contributed by atoms with van der Waals surface area (Å²) in [6.07, 6.45) is 1.40. The maximum Gasteiger partial charge on any atom is 0.410 e. The second kappa shape index (κ2) is 8.42. The van der Waals surface area contributed by atoms with Crippen molar-refractivity contribution >= 4 is 23.5 Å². The summed E-state index contributed by atoms with van der Waals surface area (Å²) in [4.78, 5) is 29.3. The van der Waals surface area contributed by atoms with Crippen LogP contribution < -0.4 is 10.2 Å². The minimum atomic E-state index is -0.683. The summed E-state index contributed by atoms with van der Waals surface area (Å²) in [5.74, 6) is -1.37. The number of halogens is 2. The summed E-state index contributed by atoms with van der Waals surface area (Å²) in [7, 11) is 0. The molecule has 0 atom stereocenters. The predicted molar refractivity (Wildman–Crippen MR) is 106 cm³/mol. The van der Waals surface area contributed by atoms with Crippen molar-refractivity contribution in [2.45, 2.75) is 39.2 Å². The normalized spacial score (nSPS) is 17.5. The molecule has 0 aromatic heterocycles. The highest BCUT2D eigenvalue weighted by molar-refractivity contribution is 5.89. The van der Waals surface area contributed by atoms with Crippen LogP contribution in [-0.4, -0.2) is 66.8 Å². The monoisotopic (exact) mass is 410 g/mol. The predicted octanol–water partition coefficient (Wildman–Crippen LogP) is 3.65. The van der Waals surface area contributed by atoms with Gasteiger partial charge in [0.2, 0.25) is 0 Å². The fraction of sp³-hybridized carbons (Fsp3) is 0.600. The molecule has 2 fully saturated rings. The SMILES string of the molecule is CC(C)(C)OC(=O)N1CCN(C(=O)Nc2cc(F)c(N3CCCC3)c(F)c2)CC1. The Bertz CT molecular complexity index is 744. The number of hydrogen-bond acceptors (Lipinski definition) is 4. The van der Waals surface area contributed by atoms with E-state index in [-0.39, 0.29) is 11.4 Å². The number of urea groups is 1. The van der Waals surface area contributed by atoms with Crippen LogP contribution in [0.3, 0.4) is 0 Å². The number of benzene rings is 1. The van der Waals surface area contributed by atoms with Gasteiger partial charge in [-0.2, -0.15) is 0 Å². The van der Waals surface area contributed by atoms with Crippen LogP contribution >= 0.6 is 0 Å². The molecule has 0 radical (unpaired) electrons. The first-order valence-corrected chi connectivity index (χ1v) is 9.92. The van der Waals surface area contributed by atoms with Crippen molar-refractivity contribution in [2.24, 2.45) is 0 Å². The van der Waals surface area contributed by atoms with E-state index in [2.05, 4.69) is 5.32 Å². The van der Waals surface area contributed by atoms with E-state index in [1.165, 1.54) is 4.90 Å². The van der Waals surface area contributed by atoms with Gasteiger partial charge in [0, 0.05) is 45.0 Å². The van der Waals surface area contributed by atoms with E-state index >= 15 is 0 Å². The van der Waals surface area contributed by atoms with Crippen molar-refractivity contribution in [3.8, 4) is 0 Å². The van der Waals surface area contributed by atoms with Crippen LogP contribution in [0.4, 0.5) is 29.7 Å². The van der Waals surface area contributed by atoms with Gasteiger partial charge in [0.05, 0.1) is 0 Å². The summed E-state index contributed by atoms with van der Waals surface area (Å²) in [6.45, 7) is 7.91. The highest BCUT2D eigenvalue weighted by Gasteiger charge is 2.28. The lowest BCUT2D eigenvalue weighted by atomic mass is 10.2. The Labute approximate surface area is 169 Å². The minimum Gasteiger partial charge on any atom is -0.444 e. The second-order valence-corrected chi connectivity index (χ2v) is 8.37. The second-order valence-electron chi connectivity index (χ2n) is 8.37. The van der Waals surface area contributed by atoms with E-state index in [9.17, 15) is 18.4 Å². The molecule has 0 aliphatic carbocycles. The third-order valence-electron chi connectivity index (χ3n) is 4.91. The average molecular weight is 410 g/mol. The molecule has 0 saturated carbocycles. The zero-order chi connectivity index (χ0) is 21.2. The van der Waals surface area contributed by atoms with Crippen molar-refractivity contribution in [1.29, 1.82) is 0 Å². The lowest BCUT2D eigenvalue weighted by Gasteiger charge is -2.35. The third kappa shape index (κ3) is 5.27. The number of rotatable bonds is 2. The summed E-state index contributed by atoms with van der Waals surface area (Å²) >= 11 is 0. The molecule has 0 bridgehead atoms. The number of carbonyl (C=O) groups excluding carboxylic acids is 2. The molecule has 7 nitrogen and oxygen atoms in total. The maximum atomic E-state index is 14.4. The Balaban J connectivity index is 1.57. The van der Waals surface area contributed by atoms with Gasteiger partial charge in [-0.15, -0.1) is 0 Å². The van der Waals surface area contributed by atoms with Gasteiger partial charge in [-0.1, -0.05) is 0 Å². The smallest absolute Gasteiger partial charge is 0.410 e. The summed E-state index contributed by atoms with van der Waals surface area (Å²) in [6, 6.07) is 1.83. The van der Waals surface area contributed by atoms with E-state index in [1.54, 1.807) is 30.6 Å². The molecule has 2 aliphatic rings. The fourth-order valence-electron chi connectivity index (χ4n) is 3.50. The van der Waals surface area contributed by atoms with Crippen molar-refractivity contribution in [2.75, 3.05) is 49.5 Å². The third-order valence-corrected chi connectivity index (χ3v) is 4.91. The Hall–Kier alpha value is -2.58. The minimum absolute atomic E-state index is 0.0357. The van der Waals surface area contributed by atoms with Gasteiger partial charge in [-0.3, -0.25) is 0 Å². The maximum absolute atomic E-state index is 14.4. The van der Waals surface area contributed by atoms with Crippen LogP contribution in [0.15, 0.2) is 12.1 Å². The molecule has 0 unspecified atom stereocenters. The number of anilines is 2.